The van der Waals surface area contributed by atoms with Crippen LogP contribution in [-0.2, 0) is 16.0 Å². The highest BCUT2D eigenvalue weighted by Crippen LogP contribution is 2.21. The largest absolute Gasteiger partial charge is 0.299 e. The van der Waals surface area contributed by atoms with Crippen molar-refractivity contribution in [2.75, 3.05) is 0 Å². The van der Waals surface area contributed by atoms with Crippen LogP contribution in [0.1, 0.15) is 18.7 Å². The Kier molecular flexibility index (Phi) is 3.77. The molecule has 0 radical (unpaired) electrons. The molecular weight excluding hydrogens is 222 g/mol. The van der Waals surface area contributed by atoms with Gasteiger partial charge in [-0.2, -0.15) is 0 Å². The second-order valence-electron chi connectivity index (χ2n) is 3.06. The summed E-state index contributed by atoms with van der Waals surface area (Å²) in [4.78, 5) is 27.0. The molecule has 0 saturated heterocycles. The van der Waals surface area contributed by atoms with E-state index in [4.69, 9.17) is 11.6 Å². The van der Waals surface area contributed by atoms with Gasteiger partial charge in [0.15, 0.2) is 4.47 Å². The number of halogens is 1. The number of aromatic nitrogens is 1. The Balaban J connectivity index is 2.74. The molecule has 0 aromatic carbocycles. The van der Waals surface area contributed by atoms with Crippen molar-refractivity contribution in [1.29, 1.82) is 0 Å². The van der Waals surface area contributed by atoms with Gasteiger partial charge in [-0.15, -0.1) is 11.3 Å². The van der Waals surface area contributed by atoms with Gasteiger partial charge in [-0.3, -0.25) is 9.59 Å². The Morgan fingerprint density at radius 1 is 1.50 bits per heavy atom. The van der Waals surface area contributed by atoms with Crippen LogP contribution >= 0.6 is 22.9 Å². The average Bonchev–Trinajstić information content (AvgIpc) is 2.46. The number of Topliss-reactive ketones (excluding diaryl/α,β-unsaturated/α-hetero) is 2. The molecule has 0 aliphatic carbocycles. The topological polar surface area (TPSA) is 47.0 Å². The summed E-state index contributed by atoms with van der Waals surface area (Å²) in [7, 11) is 0. The molecule has 0 amide bonds. The Morgan fingerprint density at radius 2 is 2.07 bits per heavy atom. The molecule has 0 aliphatic heterocycles. The van der Waals surface area contributed by atoms with E-state index in [1.54, 1.807) is 6.20 Å². The van der Waals surface area contributed by atoms with E-state index in [0.29, 0.717) is 10.9 Å². The fourth-order valence-corrected chi connectivity index (χ4v) is 2.18. The molecule has 0 saturated carbocycles. The van der Waals surface area contributed by atoms with Crippen molar-refractivity contribution in [3.63, 3.8) is 0 Å². The average molecular weight is 232 g/mol. The zero-order chi connectivity index (χ0) is 10.7. The number of ketones is 2. The minimum absolute atomic E-state index is 0.109. The number of carbonyl (C=O) groups excluding carboxylic acids is 2. The third-order valence-corrected chi connectivity index (χ3v) is 3.05. The van der Waals surface area contributed by atoms with Crippen LogP contribution in [0.25, 0.3) is 0 Å². The van der Waals surface area contributed by atoms with Gasteiger partial charge < -0.3 is 0 Å². The third-order valence-electron chi connectivity index (χ3n) is 1.91. The summed E-state index contributed by atoms with van der Waals surface area (Å²) in [6, 6.07) is 0. The Bertz CT molecular complexity index is 347. The maximum Gasteiger partial charge on any atom is 0.183 e. The van der Waals surface area contributed by atoms with E-state index in [1.165, 1.54) is 25.2 Å². The quantitative estimate of drug-likeness (QED) is 0.746. The van der Waals surface area contributed by atoms with Gasteiger partial charge in [-0.25, -0.2) is 4.98 Å². The van der Waals surface area contributed by atoms with Gasteiger partial charge in [0, 0.05) is 17.5 Å². The summed E-state index contributed by atoms with van der Waals surface area (Å²) in [6.07, 6.45) is 2.01. The lowest BCUT2D eigenvalue weighted by Gasteiger charge is -2.07. The second-order valence-corrected chi connectivity index (χ2v) is 4.75. The van der Waals surface area contributed by atoms with Gasteiger partial charge in [0.05, 0.1) is 5.92 Å². The minimum Gasteiger partial charge on any atom is -0.299 e. The lowest BCUT2D eigenvalue weighted by Crippen LogP contribution is -2.21. The van der Waals surface area contributed by atoms with E-state index in [1.807, 2.05) is 0 Å². The van der Waals surface area contributed by atoms with Crippen molar-refractivity contribution in [3.05, 3.63) is 15.5 Å². The first kappa shape index (κ1) is 11.3. The van der Waals surface area contributed by atoms with Crippen LogP contribution in [0.3, 0.4) is 0 Å². The SMILES string of the molecule is CC(=O)C(Cc1cnc(Cl)s1)C(C)=O. The highest BCUT2D eigenvalue weighted by Gasteiger charge is 2.20. The molecule has 1 rings (SSSR count). The van der Waals surface area contributed by atoms with Gasteiger partial charge in [0.2, 0.25) is 0 Å². The first-order valence-corrected chi connectivity index (χ1v) is 5.31. The van der Waals surface area contributed by atoms with Crippen molar-refractivity contribution in [2.45, 2.75) is 20.3 Å². The fraction of sp³-hybridized carbons (Fsp3) is 0.444. The van der Waals surface area contributed by atoms with E-state index in [2.05, 4.69) is 4.98 Å². The molecule has 0 bridgehead atoms. The first-order valence-electron chi connectivity index (χ1n) is 4.12. The van der Waals surface area contributed by atoms with Gasteiger partial charge in [-0.05, 0) is 13.8 Å². The van der Waals surface area contributed by atoms with E-state index in [0.717, 1.165) is 4.88 Å². The number of thiazole rings is 1. The van der Waals surface area contributed by atoms with Crippen LogP contribution in [0.5, 0.6) is 0 Å². The Labute approximate surface area is 91.1 Å². The maximum absolute atomic E-state index is 11.1. The summed E-state index contributed by atoms with van der Waals surface area (Å²) in [5.41, 5.74) is 0. The molecule has 76 valence electrons. The number of hydrogen-bond donors (Lipinski definition) is 0. The van der Waals surface area contributed by atoms with Crippen LogP contribution in [0.15, 0.2) is 6.20 Å². The monoisotopic (exact) mass is 231 g/mol. The number of rotatable bonds is 4. The van der Waals surface area contributed by atoms with Crippen LogP contribution in [-0.4, -0.2) is 16.6 Å². The van der Waals surface area contributed by atoms with E-state index in [-0.39, 0.29) is 11.6 Å². The minimum atomic E-state index is -0.550. The molecule has 0 fully saturated rings. The summed E-state index contributed by atoms with van der Waals surface area (Å²) in [5.74, 6) is -0.768. The van der Waals surface area contributed by atoms with E-state index < -0.39 is 5.92 Å². The number of nitrogens with zero attached hydrogens (tertiary/aromatic N) is 1. The second kappa shape index (κ2) is 4.66. The molecule has 1 heterocycles. The molecule has 5 heteroatoms. The highest BCUT2D eigenvalue weighted by molar-refractivity contribution is 7.15. The molecule has 0 N–H and O–H groups in total. The molecule has 1 aromatic heterocycles. The summed E-state index contributed by atoms with van der Waals surface area (Å²) in [6.45, 7) is 2.85. The van der Waals surface area contributed by atoms with Gasteiger partial charge in [0.25, 0.3) is 0 Å². The number of hydrogen-bond acceptors (Lipinski definition) is 4. The maximum atomic E-state index is 11.1. The summed E-state index contributed by atoms with van der Waals surface area (Å²) in [5, 5.41) is 0. The zero-order valence-electron chi connectivity index (χ0n) is 7.91. The Hall–Kier alpha value is -0.740. The smallest absolute Gasteiger partial charge is 0.183 e. The fourth-order valence-electron chi connectivity index (χ4n) is 1.15. The van der Waals surface area contributed by atoms with Gasteiger partial charge >= 0.3 is 0 Å². The van der Waals surface area contributed by atoms with Crippen molar-refractivity contribution >= 4 is 34.5 Å². The van der Waals surface area contributed by atoms with E-state index >= 15 is 0 Å². The lowest BCUT2D eigenvalue weighted by molar-refractivity contribution is -0.130. The third kappa shape index (κ3) is 2.89. The molecule has 0 spiro atoms. The molecule has 0 atom stereocenters. The van der Waals surface area contributed by atoms with Crippen molar-refractivity contribution < 1.29 is 9.59 Å². The molecule has 0 aliphatic rings. The normalized spacial score (nSPS) is 10.6. The molecular formula is C9H10ClNO2S. The van der Waals surface area contributed by atoms with Crippen LogP contribution in [0, 0.1) is 5.92 Å². The molecule has 1 aromatic rings. The van der Waals surface area contributed by atoms with Crippen molar-refractivity contribution in [3.8, 4) is 0 Å². The van der Waals surface area contributed by atoms with Crippen LogP contribution in [0.2, 0.25) is 4.47 Å². The molecule has 0 unspecified atom stereocenters. The summed E-state index contributed by atoms with van der Waals surface area (Å²) < 4.78 is 0.436. The summed E-state index contributed by atoms with van der Waals surface area (Å²) >= 11 is 6.94. The van der Waals surface area contributed by atoms with E-state index in [9.17, 15) is 9.59 Å². The van der Waals surface area contributed by atoms with Gasteiger partial charge in [0.1, 0.15) is 11.6 Å². The molecule has 14 heavy (non-hydrogen) atoms. The predicted molar refractivity (Wildman–Crippen MR) is 55.7 cm³/mol. The van der Waals surface area contributed by atoms with Crippen molar-refractivity contribution in [2.24, 2.45) is 5.92 Å². The number of carbonyl (C=O) groups is 2. The van der Waals surface area contributed by atoms with Crippen LogP contribution in [0.4, 0.5) is 0 Å². The predicted octanol–water partition coefficient (Wildman–Crippen LogP) is 2.13. The van der Waals surface area contributed by atoms with Crippen LogP contribution < -0.4 is 0 Å². The first-order chi connectivity index (χ1) is 6.50. The van der Waals surface area contributed by atoms with Gasteiger partial charge in [-0.1, -0.05) is 11.6 Å². The molecule has 3 nitrogen and oxygen atoms in total. The highest BCUT2D eigenvalue weighted by atomic mass is 35.5. The zero-order valence-corrected chi connectivity index (χ0v) is 9.48. The Morgan fingerprint density at radius 3 is 2.43 bits per heavy atom. The standard InChI is InChI=1S/C9H10ClNO2S/c1-5(12)8(6(2)13)3-7-4-11-9(10)14-7/h4,8H,3H2,1-2H3. The lowest BCUT2D eigenvalue weighted by atomic mass is 9.96. The van der Waals surface area contributed by atoms with Crippen molar-refractivity contribution in [1.82, 2.24) is 4.98 Å².